The van der Waals surface area contributed by atoms with Crippen LogP contribution >= 0.6 is 15.9 Å². The molecule has 20 heavy (non-hydrogen) atoms. The Hall–Kier alpha value is -1.69. The van der Waals surface area contributed by atoms with Crippen LogP contribution in [0.25, 0.3) is 6.08 Å². The minimum atomic E-state index is -1.00. The molecular formula is C14H15BrFNO3. The molecule has 0 heterocycles. The van der Waals surface area contributed by atoms with Crippen LogP contribution in [0.15, 0.2) is 28.7 Å². The number of hydrogen-bond donors (Lipinski definition) is 2. The number of aliphatic carboxylic acids is 1. The van der Waals surface area contributed by atoms with Crippen molar-refractivity contribution in [2.75, 3.05) is 0 Å². The Balaban J connectivity index is 2.73. The Labute approximate surface area is 124 Å². The van der Waals surface area contributed by atoms with E-state index in [9.17, 15) is 14.0 Å². The highest BCUT2D eigenvalue weighted by Crippen LogP contribution is 2.16. The van der Waals surface area contributed by atoms with Gasteiger partial charge in [0.25, 0.3) is 0 Å². The summed E-state index contributed by atoms with van der Waals surface area (Å²) in [7, 11) is 0. The predicted molar refractivity (Wildman–Crippen MR) is 77.6 cm³/mol. The van der Waals surface area contributed by atoms with Gasteiger partial charge in [0.1, 0.15) is 5.82 Å². The molecule has 1 amide bonds. The van der Waals surface area contributed by atoms with Crippen LogP contribution in [-0.4, -0.2) is 22.5 Å². The minimum Gasteiger partial charge on any atom is -0.481 e. The highest BCUT2D eigenvalue weighted by molar-refractivity contribution is 9.10. The van der Waals surface area contributed by atoms with Crippen molar-refractivity contribution in [1.82, 2.24) is 5.32 Å². The lowest BCUT2D eigenvalue weighted by molar-refractivity contribution is -0.138. The standard InChI is InChI=1S/C14H15BrFNO3/c1-14(2,8-13(19)20)17-12(18)6-3-9-7-10(15)4-5-11(9)16/h3-7H,8H2,1-2H3,(H,17,18)(H,19,20). The first kappa shape index (κ1) is 16.4. The van der Waals surface area contributed by atoms with Crippen LogP contribution in [0.5, 0.6) is 0 Å². The molecule has 0 unspecified atom stereocenters. The van der Waals surface area contributed by atoms with Gasteiger partial charge in [0.15, 0.2) is 0 Å². The van der Waals surface area contributed by atoms with Crippen molar-refractivity contribution in [3.05, 3.63) is 40.1 Å². The van der Waals surface area contributed by atoms with E-state index < -0.39 is 23.2 Å². The van der Waals surface area contributed by atoms with Gasteiger partial charge >= 0.3 is 5.97 Å². The summed E-state index contributed by atoms with van der Waals surface area (Å²) in [6.07, 6.45) is 2.32. The average Bonchev–Trinajstić information content (AvgIpc) is 2.27. The fourth-order valence-electron chi connectivity index (χ4n) is 1.61. The summed E-state index contributed by atoms with van der Waals surface area (Å²) < 4.78 is 14.1. The molecule has 1 aromatic rings. The van der Waals surface area contributed by atoms with Crippen molar-refractivity contribution < 1.29 is 19.1 Å². The predicted octanol–water partition coefficient (Wildman–Crippen LogP) is 2.97. The van der Waals surface area contributed by atoms with Crippen LogP contribution in [0.3, 0.4) is 0 Å². The lowest BCUT2D eigenvalue weighted by atomic mass is 10.0. The molecule has 0 fully saturated rings. The summed E-state index contributed by atoms with van der Waals surface area (Å²) in [4.78, 5) is 22.3. The second kappa shape index (κ2) is 6.65. The van der Waals surface area contributed by atoms with Crippen LogP contribution < -0.4 is 5.32 Å². The number of rotatable bonds is 5. The fourth-order valence-corrected chi connectivity index (χ4v) is 1.98. The minimum absolute atomic E-state index is 0.197. The molecule has 1 aromatic carbocycles. The van der Waals surface area contributed by atoms with E-state index in [2.05, 4.69) is 21.2 Å². The van der Waals surface area contributed by atoms with Crippen molar-refractivity contribution in [3.63, 3.8) is 0 Å². The highest BCUT2D eigenvalue weighted by atomic mass is 79.9. The maximum atomic E-state index is 13.4. The number of amides is 1. The molecule has 2 N–H and O–H groups in total. The molecule has 0 aliphatic carbocycles. The molecule has 0 saturated carbocycles. The second-order valence-electron chi connectivity index (χ2n) is 4.94. The monoisotopic (exact) mass is 343 g/mol. The first-order valence-electron chi connectivity index (χ1n) is 5.87. The number of carboxylic acids is 1. The Morgan fingerprint density at radius 3 is 2.70 bits per heavy atom. The molecule has 0 aromatic heterocycles. The zero-order chi connectivity index (χ0) is 15.3. The number of nitrogens with one attached hydrogen (secondary N) is 1. The average molecular weight is 344 g/mol. The first-order chi connectivity index (χ1) is 9.19. The lowest BCUT2D eigenvalue weighted by Gasteiger charge is -2.23. The molecule has 0 aliphatic rings. The van der Waals surface area contributed by atoms with Gasteiger partial charge in [-0.05, 0) is 38.1 Å². The molecule has 0 saturated heterocycles. The number of benzene rings is 1. The summed E-state index contributed by atoms with van der Waals surface area (Å²) in [6.45, 7) is 3.21. The van der Waals surface area contributed by atoms with E-state index in [4.69, 9.17) is 5.11 Å². The Morgan fingerprint density at radius 1 is 1.45 bits per heavy atom. The summed E-state index contributed by atoms with van der Waals surface area (Å²) in [5.74, 6) is -1.92. The number of carbonyl (C=O) groups is 2. The SMILES string of the molecule is CC(C)(CC(=O)O)NC(=O)C=Cc1cc(Br)ccc1F. The van der Waals surface area contributed by atoms with Gasteiger partial charge in [0, 0.05) is 21.7 Å². The van der Waals surface area contributed by atoms with Gasteiger partial charge in [-0.2, -0.15) is 0 Å². The van der Waals surface area contributed by atoms with E-state index >= 15 is 0 Å². The maximum Gasteiger partial charge on any atom is 0.305 e. The third-order valence-electron chi connectivity index (χ3n) is 2.43. The zero-order valence-electron chi connectivity index (χ0n) is 11.1. The van der Waals surface area contributed by atoms with E-state index in [0.717, 1.165) is 0 Å². The lowest BCUT2D eigenvalue weighted by Crippen LogP contribution is -2.44. The molecule has 4 nitrogen and oxygen atoms in total. The van der Waals surface area contributed by atoms with Crippen LogP contribution in [0, 0.1) is 5.82 Å². The Kier molecular flexibility index (Phi) is 5.44. The topological polar surface area (TPSA) is 66.4 Å². The third-order valence-corrected chi connectivity index (χ3v) is 2.92. The van der Waals surface area contributed by atoms with Crippen LogP contribution in [-0.2, 0) is 9.59 Å². The molecular weight excluding hydrogens is 329 g/mol. The third kappa shape index (κ3) is 5.52. The van der Waals surface area contributed by atoms with Gasteiger partial charge in [0.2, 0.25) is 5.91 Å². The molecule has 1 rings (SSSR count). The van der Waals surface area contributed by atoms with Crippen molar-refractivity contribution in [3.8, 4) is 0 Å². The van der Waals surface area contributed by atoms with Crippen LogP contribution in [0.4, 0.5) is 4.39 Å². The van der Waals surface area contributed by atoms with Gasteiger partial charge < -0.3 is 10.4 Å². The van der Waals surface area contributed by atoms with Crippen molar-refractivity contribution in [1.29, 1.82) is 0 Å². The van der Waals surface area contributed by atoms with Crippen molar-refractivity contribution in [2.24, 2.45) is 0 Å². The van der Waals surface area contributed by atoms with Crippen molar-refractivity contribution in [2.45, 2.75) is 25.8 Å². The molecule has 108 valence electrons. The molecule has 6 heteroatoms. The quantitative estimate of drug-likeness (QED) is 0.807. The largest absolute Gasteiger partial charge is 0.481 e. The second-order valence-corrected chi connectivity index (χ2v) is 5.86. The highest BCUT2D eigenvalue weighted by Gasteiger charge is 2.22. The smallest absolute Gasteiger partial charge is 0.305 e. The molecule has 0 bridgehead atoms. The summed E-state index contributed by atoms with van der Waals surface area (Å²) in [5.41, 5.74) is -0.603. The van der Waals surface area contributed by atoms with Gasteiger partial charge in [-0.15, -0.1) is 0 Å². The van der Waals surface area contributed by atoms with Crippen LogP contribution in [0.1, 0.15) is 25.8 Å². The summed E-state index contributed by atoms with van der Waals surface area (Å²) >= 11 is 3.21. The maximum absolute atomic E-state index is 13.4. The zero-order valence-corrected chi connectivity index (χ0v) is 12.7. The summed E-state index contributed by atoms with van der Waals surface area (Å²) in [6, 6.07) is 4.39. The first-order valence-corrected chi connectivity index (χ1v) is 6.66. The van der Waals surface area contributed by atoms with E-state index in [1.54, 1.807) is 26.0 Å². The number of halogens is 2. The summed E-state index contributed by atoms with van der Waals surface area (Å²) in [5, 5.41) is 11.3. The van der Waals surface area contributed by atoms with Gasteiger partial charge in [0.05, 0.1) is 6.42 Å². The number of carbonyl (C=O) groups excluding carboxylic acids is 1. The number of carboxylic acid groups (broad SMARTS) is 1. The van der Waals surface area contributed by atoms with E-state index in [0.29, 0.717) is 4.47 Å². The van der Waals surface area contributed by atoms with Crippen LogP contribution in [0.2, 0.25) is 0 Å². The van der Waals surface area contributed by atoms with Gasteiger partial charge in [-0.25, -0.2) is 4.39 Å². The molecule has 0 radical (unpaired) electrons. The fraction of sp³-hybridized carbons (Fsp3) is 0.286. The number of hydrogen-bond acceptors (Lipinski definition) is 2. The van der Waals surface area contributed by atoms with E-state index in [-0.39, 0.29) is 12.0 Å². The molecule has 0 spiro atoms. The van der Waals surface area contributed by atoms with Gasteiger partial charge in [-0.3, -0.25) is 9.59 Å². The Bertz CT molecular complexity index is 555. The molecule has 0 atom stereocenters. The van der Waals surface area contributed by atoms with Crippen molar-refractivity contribution >= 4 is 33.9 Å². The Morgan fingerprint density at radius 2 is 2.10 bits per heavy atom. The van der Waals surface area contributed by atoms with E-state index in [1.807, 2.05) is 0 Å². The normalized spacial score (nSPS) is 11.6. The van der Waals surface area contributed by atoms with Gasteiger partial charge in [-0.1, -0.05) is 15.9 Å². The molecule has 0 aliphatic heterocycles. The van der Waals surface area contributed by atoms with E-state index in [1.165, 1.54) is 18.2 Å².